The molecule has 1 heterocycles. The van der Waals surface area contributed by atoms with E-state index >= 15 is 0 Å². The highest BCUT2D eigenvalue weighted by molar-refractivity contribution is 4.83. The maximum Gasteiger partial charge on any atom is 0.163 e. The van der Waals surface area contributed by atoms with E-state index in [-0.39, 0.29) is 18.8 Å². The van der Waals surface area contributed by atoms with Gasteiger partial charge in [-0.1, -0.05) is 5.11 Å². The Labute approximate surface area is 76.6 Å². The minimum Gasteiger partial charge on any atom is -0.344 e. The lowest BCUT2D eigenvalue weighted by molar-refractivity contribution is -0.144. The van der Waals surface area contributed by atoms with Gasteiger partial charge in [0.25, 0.3) is 0 Å². The third kappa shape index (κ3) is 2.57. The van der Waals surface area contributed by atoms with Gasteiger partial charge >= 0.3 is 0 Å². The summed E-state index contributed by atoms with van der Waals surface area (Å²) in [7, 11) is 0. The maximum absolute atomic E-state index is 8.15. The zero-order valence-corrected chi connectivity index (χ0v) is 7.80. The monoisotopic (exact) mass is 186 g/mol. The van der Waals surface area contributed by atoms with Gasteiger partial charge in [0.15, 0.2) is 5.79 Å². The van der Waals surface area contributed by atoms with Crippen LogP contribution in [0.2, 0.25) is 0 Å². The molecule has 0 aromatic carbocycles. The number of ether oxygens (including phenoxy) is 2. The van der Waals surface area contributed by atoms with Crippen LogP contribution < -0.4 is 5.73 Å². The first-order valence-corrected chi connectivity index (χ1v) is 4.15. The lowest BCUT2D eigenvalue weighted by Crippen LogP contribution is -2.32. The van der Waals surface area contributed by atoms with Crippen molar-refractivity contribution in [3.63, 3.8) is 0 Å². The van der Waals surface area contributed by atoms with Crippen LogP contribution >= 0.6 is 0 Å². The molecule has 1 aliphatic heterocycles. The van der Waals surface area contributed by atoms with Crippen LogP contribution in [0.15, 0.2) is 5.11 Å². The van der Waals surface area contributed by atoms with Crippen molar-refractivity contribution in [1.82, 2.24) is 0 Å². The van der Waals surface area contributed by atoms with Crippen LogP contribution in [0.25, 0.3) is 10.4 Å². The van der Waals surface area contributed by atoms with Gasteiger partial charge in [0, 0.05) is 11.5 Å². The van der Waals surface area contributed by atoms with Crippen molar-refractivity contribution in [3.8, 4) is 0 Å². The Hall–Kier alpha value is -0.810. The second kappa shape index (κ2) is 3.93. The van der Waals surface area contributed by atoms with Crippen LogP contribution in [0.3, 0.4) is 0 Å². The van der Waals surface area contributed by atoms with E-state index in [9.17, 15) is 0 Å². The molecule has 1 fully saturated rings. The third-order valence-corrected chi connectivity index (χ3v) is 1.84. The van der Waals surface area contributed by atoms with Crippen molar-refractivity contribution in [1.29, 1.82) is 0 Å². The first-order chi connectivity index (χ1) is 6.09. The molecule has 6 heteroatoms. The van der Waals surface area contributed by atoms with Crippen LogP contribution in [0.5, 0.6) is 0 Å². The van der Waals surface area contributed by atoms with Crippen LogP contribution in [0.4, 0.5) is 0 Å². The summed E-state index contributed by atoms with van der Waals surface area (Å²) in [6, 6.07) is 0. The minimum atomic E-state index is -0.625. The van der Waals surface area contributed by atoms with Gasteiger partial charge in [0.1, 0.15) is 0 Å². The van der Waals surface area contributed by atoms with Crippen LogP contribution in [0, 0.1) is 0 Å². The summed E-state index contributed by atoms with van der Waals surface area (Å²) in [6.45, 7) is 4.26. The van der Waals surface area contributed by atoms with Crippen molar-refractivity contribution in [2.24, 2.45) is 10.8 Å². The summed E-state index contributed by atoms with van der Waals surface area (Å²) in [5.41, 5.74) is 13.6. The Morgan fingerprint density at radius 2 is 2.08 bits per heavy atom. The van der Waals surface area contributed by atoms with Crippen molar-refractivity contribution in [2.75, 3.05) is 13.1 Å². The Morgan fingerprint density at radius 1 is 1.46 bits per heavy atom. The van der Waals surface area contributed by atoms with Gasteiger partial charge in [0.05, 0.1) is 18.8 Å². The number of rotatable bonds is 3. The molecule has 2 N–H and O–H groups in total. The zero-order valence-electron chi connectivity index (χ0n) is 7.80. The van der Waals surface area contributed by atoms with Gasteiger partial charge in [0.2, 0.25) is 0 Å². The molecule has 1 rings (SSSR count). The van der Waals surface area contributed by atoms with Gasteiger partial charge in [-0.2, -0.15) is 0 Å². The lowest BCUT2D eigenvalue weighted by atomic mass is 10.2. The third-order valence-electron chi connectivity index (χ3n) is 1.84. The summed E-state index contributed by atoms with van der Waals surface area (Å²) in [5, 5.41) is 3.44. The number of hydrogen-bond donors (Lipinski definition) is 1. The molecule has 6 nitrogen and oxygen atoms in total. The largest absolute Gasteiger partial charge is 0.344 e. The second-order valence-corrected chi connectivity index (χ2v) is 3.36. The Bertz CT molecular complexity index is 225. The quantitative estimate of drug-likeness (QED) is 0.401. The highest BCUT2D eigenvalue weighted by Gasteiger charge is 2.39. The van der Waals surface area contributed by atoms with Gasteiger partial charge < -0.3 is 15.2 Å². The molecule has 2 atom stereocenters. The lowest BCUT2D eigenvalue weighted by Gasteiger charge is -2.16. The molecule has 1 aliphatic rings. The molecule has 0 unspecified atom stereocenters. The average Bonchev–Trinajstić information content (AvgIpc) is 2.37. The molecule has 0 aromatic heterocycles. The fourth-order valence-electron chi connectivity index (χ4n) is 1.38. The topological polar surface area (TPSA) is 93.2 Å². The Morgan fingerprint density at radius 3 is 2.62 bits per heavy atom. The molecule has 0 aromatic rings. The predicted octanol–water partition coefficient (Wildman–Crippen LogP) is 0.775. The fourth-order valence-corrected chi connectivity index (χ4v) is 1.38. The standard InChI is InChI=1S/C7H14N4O2/c1-7(2)12-5(3-8)6(13-7)4-10-11-9/h5-6H,3-4,8H2,1-2H3/t5-,6-/m1/s1. The summed E-state index contributed by atoms with van der Waals surface area (Å²) < 4.78 is 11.0. The highest BCUT2D eigenvalue weighted by atomic mass is 16.8. The molecule has 13 heavy (non-hydrogen) atoms. The summed E-state index contributed by atoms with van der Waals surface area (Å²) in [5.74, 6) is -0.625. The van der Waals surface area contributed by atoms with Crippen molar-refractivity contribution >= 4 is 0 Å². The fraction of sp³-hybridized carbons (Fsp3) is 1.00. The first kappa shape index (κ1) is 10.3. The SMILES string of the molecule is CC1(C)O[C@H](CN)[C@@H](CN=[N+]=[N-])O1. The van der Waals surface area contributed by atoms with E-state index in [1.165, 1.54) is 0 Å². The van der Waals surface area contributed by atoms with Gasteiger partial charge in [-0.25, -0.2) is 0 Å². The highest BCUT2D eigenvalue weighted by Crippen LogP contribution is 2.27. The van der Waals surface area contributed by atoms with E-state index in [2.05, 4.69) is 10.0 Å². The summed E-state index contributed by atoms with van der Waals surface area (Å²) in [6.07, 6.45) is -0.406. The van der Waals surface area contributed by atoms with E-state index in [0.29, 0.717) is 6.54 Å². The smallest absolute Gasteiger partial charge is 0.163 e. The number of hydrogen-bond acceptors (Lipinski definition) is 4. The van der Waals surface area contributed by atoms with E-state index in [0.717, 1.165) is 0 Å². The number of azide groups is 1. The summed E-state index contributed by atoms with van der Waals surface area (Å²) >= 11 is 0. The van der Waals surface area contributed by atoms with Crippen LogP contribution in [-0.4, -0.2) is 31.1 Å². The normalized spacial score (nSPS) is 31.3. The summed E-state index contributed by atoms with van der Waals surface area (Å²) in [4.78, 5) is 2.66. The molecule has 1 saturated heterocycles. The van der Waals surface area contributed by atoms with E-state index in [4.69, 9.17) is 20.7 Å². The van der Waals surface area contributed by atoms with Crippen LogP contribution in [0.1, 0.15) is 13.8 Å². The van der Waals surface area contributed by atoms with Crippen molar-refractivity contribution in [2.45, 2.75) is 31.8 Å². The Kier molecular flexibility index (Phi) is 3.11. The molecule has 0 spiro atoms. The molecule has 0 amide bonds. The van der Waals surface area contributed by atoms with Gasteiger partial charge in [-0.3, -0.25) is 0 Å². The predicted molar refractivity (Wildman–Crippen MR) is 46.9 cm³/mol. The van der Waals surface area contributed by atoms with E-state index in [1.54, 1.807) is 0 Å². The minimum absolute atomic E-state index is 0.180. The van der Waals surface area contributed by atoms with Crippen molar-refractivity contribution < 1.29 is 9.47 Å². The van der Waals surface area contributed by atoms with Crippen molar-refractivity contribution in [3.05, 3.63) is 10.4 Å². The first-order valence-electron chi connectivity index (χ1n) is 4.15. The Balaban J connectivity index is 2.57. The van der Waals surface area contributed by atoms with Gasteiger partial charge in [-0.05, 0) is 19.4 Å². The van der Waals surface area contributed by atoms with E-state index < -0.39 is 5.79 Å². The molecular weight excluding hydrogens is 172 g/mol. The maximum atomic E-state index is 8.15. The molecule has 74 valence electrons. The number of nitrogens with two attached hydrogens (primary N) is 1. The molecular formula is C7H14N4O2. The molecule has 0 saturated carbocycles. The van der Waals surface area contributed by atoms with Gasteiger partial charge in [-0.15, -0.1) is 0 Å². The zero-order chi connectivity index (χ0) is 9.90. The molecule has 0 radical (unpaired) electrons. The van der Waals surface area contributed by atoms with Crippen LogP contribution in [-0.2, 0) is 9.47 Å². The second-order valence-electron chi connectivity index (χ2n) is 3.36. The molecule has 0 aliphatic carbocycles. The number of nitrogens with zero attached hydrogens (tertiary/aromatic N) is 3. The average molecular weight is 186 g/mol. The molecule has 0 bridgehead atoms. The van der Waals surface area contributed by atoms with E-state index in [1.807, 2.05) is 13.8 Å².